The third-order valence-corrected chi connectivity index (χ3v) is 5.68. The number of nitrogens with one attached hydrogen (secondary N) is 1. The number of carboxylic acid groups (broad SMARTS) is 1. The Balaban J connectivity index is 1.47. The van der Waals surface area contributed by atoms with E-state index in [2.05, 4.69) is 15.1 Å². The van der Waals surface area contributed by atoms with Gasteiger partial charge in [-0.05, 0) is 66.7 Å². The van der Waals surface area contributed by atoms with Gasteiger partial charge in [-0.2, -0.15) is 0 Å². The highest BCUT2D eigenvalue weighted by molar-refractivity contribution is 6.30. The van der Waals surface area contributed by atoms with Gasteiger partial charge in [0.25, 0.3) is 5.91 Å². The summed E-state index contributed by atoms with van der Waals surface area (Å²) in [5.74, 6) is -1.80. The van der Waals surface area contributed by atoms with Crippen molar-refractivity contribution in [3.63, 3.8) is 0 Å². The highest BCUT2D eigenvalue weighted by Gasteiger charge is 2.21. The van der Waals surface area contributed by atoms with Crippen molar-refractivity contribution in [1.82, 2.24) is 0 Å². The van der Waals surface area contributed by atoms with Crippen molar-refractivity contribution in [2.24, 2.45) is 0 Å². The van der Waals surface area contributed by atoms with E-state index in [1.165, 1.54) is 12.1 Å². The van der Waals surface area contributed by atoms with E-state index in [9.17, 15) is 19.1 Å². The maximum Gasteiger partial charge on any atom is 0.337 e. The number of carbonyl (C=O) groups excluding carboxylic acids is 1. The number of hydrogen-bond acceptors (Lipinski definition) is 4. The lowest BCUT2D eigenvalue weighted by molar-refractivity contribution is 0.0698. The largest absolute Gasteiger partial charge is 0.478 e. The van der Waals surface area contributed by atoms with E-state index in [0.717, 1.165) is 24.5 Å². The van der Waals surface area contributed by atoms with Crippen molar-refractivity contribution >= 4 is 40.5 Å². The third-order valence-electron chi connectivity index (χ3n) is 5.42. The summed E-state index contributed by atoms with van der Waals surface area (Å²) in [6, 6.07) is 17.7. The van der Waals surface area contributed by atoms with Crippen LogP contribution in [0.5, 0.6) is 0 Å². The van der Waals surface area contributed by atoms with E-state index in [4.69, 9.17) is 11.6 Å². The van der Waals surface area contributed by atoms with Crippen molar-refractivity contribution in [2.45, 2.75) is 0 Å². The lowest BCUT2D eigenvalue weighted by Gasteiger charge is -2.37. The first-order valence-corrected chi connectivity index (χ1v) is 10.5. The minimum absolute atomic E-state index is 0.0192. The molecule has 8 heteroatoms. The lowest BCUT2D eigenvalue weighted by Crippen LogP contribution is -2.46. The molecule has 1 fully saturated rings. The Morgan fingerprint density at radius 1 is 0.844 bits per heavy atom. The molecule has 0 radical (unpaired) electrons. The number of carboxylic acids is 1. The van der Waals surface area contributed by atoms with Crippen molar-refractivity contribution in [3.05, 3.63) is 88.7 Å². The summed E-state index contributed by atoms with van der Waals surface area (Å²) in [4.78, 5) is 28.6. The topological polar surface area (TPSA) is 72.9 Å². The standard InChI is InChI=1S/C24H21ClFN3O3/c25-17-3-1-16(2-4-17)23(30)27-22-10-9-20(15-21(22)24(31)32)29-13-11-28(12-14-29)19-7-5-18(26)6-8-19/h1-10,15H,11-14H2,(H,27,30)(H,31,32). The van der Waals surface area contributed by atoms with Gasteiger partial charge in [0.15, 0.2) is 0 Å². The van der Waals surface area contributed by atoms with Crippen LogP contribution >= 0.6 is 11.6 Å². The number of rotatable bonds is 5. The van der Waals surface area contributed by atoms with Crippen LogP contribution in [0.25, 0.3) is 0 Å². The van der Waals surface area contributed by atoms with Gasteiger partial charge in [-0.1, -0.05) is 11.6 Å². The summed E-state index contributed by atoms with van der Waals surface area (Å²) < 4.78 is 13.2. The molecule has 0 saturated carbocycles. The van der Waals surface area contributed by atoms with Crippen LogP contribution in [-0.4, -0.2) is 43.2 Å². The van der Waals surface area contributed by atoms with E-state index in [1.54, 1.807) is 54.6 Å². The minimum atomic E-state index is -1.12. The minimum Gasteiger partial charge on any atom is -0.478 e. The second kappa shape index (κ2) is 9.28. The van der Waals surface area contributed by atoms with E-state index in [-0.39, 0.29) is 17.1 Å². The van der Waals surface area contributed by atoms with Gasteiger partial charge in [-0.3, -0.25) is 4.79 Å². The number of carbonyl (C=O) groups is 2. The van der Waals surface area contributed by atoms with E-state index in [0.29, 0.717) is 23.7 Å². The number of hydrogen-bond donors (Lipinski definition) is 2. The lowest BCUT2D eigenvalue weighted by atomic mass is 10.1. The average Bonchev–Trinajstić information content (AvgIpc) is 2.80. The molecule has 4 rings (SSSR count). The second-order valence-corrected chi connectivity index (χ2v) is 7.88. The van der Waals surface area contributed by atoms with Gasteiger partial charge >= 0.3 is 5.97 Å². The first-order chi connectivity index (χ1) is 15.4. The summed E-state index contributed by atoms with van der Waals surface area (Å²) >= 11 is 5.85. The van der Waals surface area contributed by atoms with Gasteiger partial charge in [0.05, 0.1) is 11.3 Å². The average molecular weight is 454 g/mol. The molecule has 0 unspecified atom stereocenters. The van der Waals surface area contributed by atoms with Crippen molar-refractivity contribution in [1.29, 1.82) is 0 Å². The predicted molar refractivity (Wildman–Crippen MR) is 124 cm³/mol. The zero-order valence-corrected chi connectivity index (χ0v) is 17.8. The maximum absolute atomic E-state index is 13.2. The van der Waals surface area contributed by atoms with Gasteiger partial charge in [0.1, 0.15) is 5.82 Å². The molecule has 0 bridgehead atoms. The molecule has 1 aliphatic heterocycles. The zero-order chi connectivity index (χ0) is 22.7. The number of aromatic carboxylic acids is 1. The molecular weight excluding hydrogens is 433 g/mol. The van der Waals surface area contributed by atoms with Crippen LogP contribution in [0.3, 0.4) is 0 Å². The van der Waals surface area contributed by atoms with Crippen molar-refractivity contribution < 1.29 is 19.1 Å². The molecule has 3 aromatic rings. The summed E-state index contributed by atoms with van der Waals surface area (Å²) in [5.41, 5.74) is 2.35. The van der Waals surface area contributed by atoms with E-state index in [1.807, 2.05) is 0 Å². The van der Waals surface area contributed by atoms with Crippen LogP contribution in [0.1, 0.15) is 20.7 Å². The van der Waals surface area contributed by atoms with Gasteiger partial charge < -0.3 is 20.2 Å². The predicted octanol–water partition coefficient (Wildman–Crippen LogP) is 4.76. The number of benzene rings is 3. The maximum atomic E-state index is 13.2. The number of halogens is 2. The van der Waals surface area contributed by atoms with Gasteiger partial charge in [-0.25, -0.2) is 9.18 Å². The van der Waals surface area contributed by atoms with Crippen LogP contribution in [0.2, 0.25) is 5.02 Å². The number of amides is 1. The molecule has 32 heavy (non-hydrogen) atoms. The number of piperazine rings is 1. The summed E-state index contributed by atoms with van der Waals surface area (Å²) in [5, 5.41) is 12.9. The fourth-order valence-corrected chi connectivity index (χ4v) is 3.81. The Labute approximate surface area is 189 Å². The molecule has 164 valence electrons. The van der Waals surface area contributed by atoms with Crippen LogP contribution in [-0.2, 0) is 0 Å². The third kappa shape index (κ3) is 4.84. The Morgan fingerprint density at radius 3 is 2.00 bits per heavy atom. The first-order valence-electron chi connectivity index (χ1n) is 10.1. The number of anilines is 3. The molecule has 0 spiro atoms. The summed E-state index contributed by atoms with van der Waals surface area (Å²) in [7, 11) is 0. The van der Waals surface area contributed by atoms with Gasteiger partial charge in [0, 0.05) is 48.1 Å². The Bertz CT molecular complexity index is 1130. The first kappa shape index (κ1) is 21.6. The van der Waals surface area contributed by atoms with Crippen molar-refractivity contribution in [2.75, 3.05) is 41.3 Å². The molecular formula is C24H21ClFN3O3. The second-order valence-electron chi connectivity index (χ2n) is 7.45. The molecule has 1 aliphatic rings. The van der Waals surface area contributed by atoms with Crippen LogP contribution in [0.4, 0.5) is 21.5 Å². The SMILES string of the molecule is O=C(Nc1ccc(N2CCN(c3ccc(F)cc3)CC2)cc1C(=O)O)c1ccc(Cl)cc1. The quantitative estimate of drug-likeness (QED) is 0.583. The molecule has 0 aromatic heterocycles. The van der Waals surface area contributed by atoms with Crippen LogP contribution in [0.15, 0.2) is 66.7 Å². The van der Waals surface area contributed by atoms with Crippen LogP contribution in [0, 0.1) is 5.82 Å². The zero-order valence-electron chi connectivity index (χ0n) is 17.1. The van der Waals surface area contributed by atoms with E-state index < -0.39 is 11.9 Å². The molecule has 1 heterocycles. The smallest absolute Gasteiger partial charge is 0.337 e. The van der Waals surface area contributed by atoms with Crippen LogP contribution < -0.4 is 15.1 Å². The molecule has 1 amide bonds. The molecule has 0 aliphatic carbocycles. The monoisotopic (exact) mass is 453 g/mol. The highest BCUT2D eigenvalue weighted by Crippen LogP contribution is 2.26. The van der Waals surface area contributed by atoms with Gasteiger partial charge in [-0.15, -0.1) is 0 Å². The van der Waals surface area contributed by atoms with Gasteiger partial charge in [0.2, 0.25) is 0 Å². The Morgan fingerprint density at radius 2 is 1.41 bits per heavy atom. The van der Waals surface area contributed by atoms with Crippen molar-refractivity contribution in [3.8, 4) is 0 Å². The fourth-order valence-electron chi connectivity index (χ4n) is 3.69. The van der Waals surface area contributed by atoms with E-state index >= 15 is 0 Å². The molecule has 1 saturated heterocycles. The normalized spacial score (nSPS) is 13.7. The molecule has 3 aromatic carbocycles. The Hall–Kier alpha value is -3.58. The highest BCUT2D eigenvalue weighted by atomic mass is 35.5. The Kier molecular flexibility index (Phi) is 6.28. The molecule has 0 atom stereocenters. The molecule has 2 N–H and O–H groups in total. The number of nitrogens with zero attached hydrogens (tertiary/aromatic N) is 2. The molecule has 6 nitrogen and oxygen atoms in total. The fraction of sp³-hybridized carbons (Fsp3) is 0.167. The summed E-state index contributed by atoms with van der Waals surface area (Å²) in [6.45, 7) is 2.83. The summed E-state index contributed by atoms with van der Waals surface area (Å²) in [6.07, 6.45) is 0.